The van der Waals surface area contributed by atoms with E-state index in [0.29, 0.717) is 32.3 Å². The number of hydrogen-bond acceptors (Lipinski definition) is 7. The predicted octanol–water partition coefficient (Wildman–Crippen LogP) is -0.242. The largest absolute Gasteiger partial charge is 0.379 e. The van der Waals surface area contributed by atoms with Crippen molar-refractivity contribution in [3.63, 3.8) is 0 Å². The Labute approximate surface area is 129 Å². The average Bonchev–Trinajstić information content (AvgIpc) is 2.56. The first kappa shape index (κ1) is 15.0. The van der Waals surface area contributed by atoms with Crippen LogP contribution in [0.5, 0.6) is 0 Å². The van der Waals surface area contributed by atoms with E-state index in [1.165, 1.54) is 0 Å². The van der Waals surface area contributed by atoms with E-state index in [9.17, 15) is 4.79 Å². The van der Waals surface area contributed by atoms with Gasteiger partial charge in [-0.2, -0.15) is 4.98 Å². The van der Waals surface area contributed by atoms with Gasteiger partial charge < -0.3 is 25.4 Å². The first-order valence-corrected chi connectivity index (χ1v) is 7.55. The molecule has 120 valence electrons. The van der Waals surface area contributed by atoms with Crippen molar-refractivity contribution < 1.29 is 14.3 Å². The molecular weight excluding hydrogens is 286 g/mol. The van der Waals surface area contributed by atoms with Gasteiger partial charge in [-0.05, 0) is 18.9 Å². The van der Waals surface area contributed by atoms with E-state index >= 15 is 0 Å². The van der Waals surface area contributed by atoms with Crippen LogP contribution in [0.3, 0.4) is 0 Å². The van der Waals surface area contributed by atoms with E-state index in [1.807, 2.05) is 11.0 Å². The number of morpholine rings is 1. The highest BCUT2D eigenvalue weighted by atomic mass is 16.5. The number of nitrogens with two attached hydrogens (primary N) is 1. The van der Waals surface area contributed by atoms with Gasteiger partial charge in [0.2, 0.25) is 11.9 Å². The molecule has 22 heavy (non-hydrogen) atoms. The summed E-state index contributed by atoms with van der Waals surface area (Å²) in [7, 11) is 0. The second kappa shape index (κ2) is 6.89. The zero-order valence-electron chi connectivity index (χ0n) is 12.4. The van der Waals surface area contributed by atoms with Crippen LogP contribution in [0.1, 0.15) is 12.8 Å². The number of amides is 1. The monoisotopic (exact) mass is 307 g/mol. The van der Waals surface area contributed by atoms with Crippen molar-refractivity contribution >= 4 is 17.7 Å². The lowest BCUT2D eigenvalue weighted by atomic mass is 10.1. The van der Waals surface area contributed by atoms with Gasteiger partial charge in [-0.1, -0.05) is 0 Å². The maximum absolute atomic E-state index is 11.3. The number of rotatable bonds is 4. The van der Waals surface area contributed by atoms with Gasteiger partial charge >= 0.3 is 0 Å². The molecule has 2 atom stereocenters. The molecule has 8 heteroatoms. The molecule has 2 saturated heterocycles. The quantitative estimate of drug-likeness (QED) is 0.791. The highest BCUT2D eigenvalue weighted by Crippen LogP contribution is 2.17. The van der Waals surface area contributed by atoms with E-state index < -0.39 is 12.0 Å². The second-order valence-electron chi connectivity index (χ2n) is 5.51. The Morgan fingerprint density at radius 3 is 3.14 bits per heavy atom. The molecule has 0 spiro atoms. The van der Waals surface area contributed by atoms with Crippen LogP contribution in [0.2, 0.25) is 0 Å². The standard InChI is InChI=1S/C14H21N5O3/c15-13(20)11-8-19(5-7-22-11)14-16-4-3-12(18-14)17-10-2-1-6-21-9-10/h3-4,10-11H,1-2,5-9H2,(H2,15,20)(H,16,17,18). The van der Waals surface area contributed by atoms with E-state index in [2.05, 4.69) is 15.3 Å². The van der Waals surface area contributed by atoms with Crippen molar-refractivity contribution in [1.29, 1.82) is 0 Å². The number of carbonyl (C=O) groups excluding carboxylic acids is 1. The molecule has 0 aliphatic carbocycles. The summed E-state index contributed by atoms with van der Waals surface area (Å²) in [4.78, 5) is 22.0. The Morgan fingerprint density at radius 2 is 2.36 bits per heavy atom. The normalized spacial score (nSPS) is 25.7. The maximum atomic E-state index is 11.3. The van der Waals surface area contributed by atoms with Gasteiger partial charge in [-0.3, -0.25) is 4.79 Å². The number of nitrogens with zero attached hydrogens (tertiary/aromatic N) is 3. The highest BCUT2D eigenvalue weighted by molar-refractivity contribution is 5.79. The number of anilines is 2. The zero-order valence-corrected chi connectivity index (χ0v) is 12.4. The van der Waals surface area contributed by atoms with Crippen LogP contribution in [-0.2, 0) is 14.3 Å². The summed E-state index contributed by atoms with van der Waals surface area (Å²) in [5, 5.41) is 3.37. The molecule has 3 heterocycles. The summed E-state index contributed by atoms with van der Waals surface area (Å²) in [5.41, 5.74) is 5.30. The number of aromatic nitrogens is 2. The molecule has 2 fully saturated rings. The van der Waals surface area contributed by atoms with E-state index in [0.717, 1.165) is 25.3 Å². The van der Waals surface area contributed by atoms with Gasteiger partial charge in [0, 0.05) is 19.3 Å². The minimum Gasteiger partial charge on any atom is -0.379 e. The number of hydrogen-bond donors (Lipinski definition) is 2. The van der Waals surface area contributed by atoms with Crippen molar-refractivity contribution in [2.75, 3.05) is 43.1 Å². The predicted molar refractivity (Wildman–Crippen MR) is 80.6 cm³/mol. The minimum absolute atomic E-state index is 0.277. The molecule has 8 nitrogen and oxygen atoms in total. The molecule has 1 amide bonds. The van der Waals surface area contributed by atoms with E-state index in [4.69, 9.17) is 15.2 Å². The molecule has 3 N–H and O–H groups in total. The van der Waals surface area contributed by atoms with Crippen molar-refractivity contribution in [1.82, 2.24) is 9.97 Å². The lowest BCUT2D eigenvalue weighted by Gasteiger charge is -2.31. The number of ether oxygens (including phenoxy) is 2. The van der Waals surface area contributed by atoms with E-state index in [1.54, 1.807) is 6.20 Å². The number of primary amides is 1. The van der Waals surface area contributed by atoms with Crippen molar-refractivity contribution in [3.05, 3.63) is 12.3 Å². The smallest absolute Gasteiger partial charge is 0.248 e. The molecule has 0 saturated carbocycles. The Bertz CT molecular complexity index is 521. The van der Waals surface area contributed by atoms with Crippen LogP contribution in [-0.4, -0.2) is 60.9 Å². The van der Waals surface area contributed by atoms with Crippen LogP contribution in [0.15, 0.2) is 12.3 Å². The third-order valence-corrected chi connectivity index (χ3v) is 3.82. The SMILES string of the molecule is NC(=O)C1CN(c2nccc(NC3CCCOC3)n2)CCO1. The third kappa shape index (κ3) is 3.63. The fraction of sp³-hybridized carbons (Fsp3) is 0.643. The van der Waals surface area contributed by atoms with Gasteiger partial charge in [0.15, 0.2) is 6.10 Å². The molecule has 1 aromatic rings. The van der Waals surface area contributed by atoms with Crippen molar-refractivity contribution in [2.24, 2.45) is 5.73 Å². The second-order valence-corrected chi connectivity index (χ2v) is 5.51. The van der Waals surface area contributed by atoms with Gasteiger partial charge in [0.05, 0.1) is 25.8 Å². The molecule has 2 aliphatic rings. The molecule has 2 unspecified atom stereocenters. The minimum atomic E-state index is -0.610. The number of nitrogens with one attached hydrogen (secondary N) is 1. The van der Waals surface area contributed by atoms with Gasteiger partial charge in [-0.25, -0.2) is 4.98 Å². The van der Waals surface area contributed by atoms with E-state index in [-0.39, 0.29) is 6.04 Å². The summed E-state index contributed by atoms with van der Waals surface area (Å²) in [6.45, 7) is 2.98. The van der Waals surface area contributed by atoms with Crippen molar-refractivity contribution in [2.45, 2.75) is 25.0 Å². The maximum Gasteiger partial charge on any atom is 0.248 e. The highest BCUT2D eigenvalue weighted by Gasteiger charge is 2.26. The molecular formula is C14H21N5O3. The Kier molecular flexibility index (Phi) is 4.69. The van der Waals surface area contributed by atoms with Gasteiger partial charge in [-0.15, -0.1) is 0 Å². The molecule has 0 aromatic carbocycles. The Hall–Kier alpha value is -1.93. The fourth-order valence-electron chi connectivity index (χ4n) is 2.65. The third-order valence-electron chi connectivity index (χ3n) is 3.82. The zero-order chi connectivity index (χ0) is 15.4. The first-order chi connectivity index (χ1) is 10.7. The molecule has 2 aliphatic heterocycles. The first-order valence-electron chi connectivity index (χ1n) is 7.55. The molecule has 0 bridgehead atoms. The lowest BCUT2D eigenvalue weighted by molar-refractivity contribution is -0.130. The summed E-state index contributed by atoms with van der Waals surface area (Å²) in [5.74, 6) is 0.886. The summed E-state index contributed by atoms with van der Waals surface area (Å²) < 4.78 is 10.8. The van der Waals surface area contributed by atoms with Gasteiger partial charge in [0.25, 0.3) is 0 Å². The number of carbonyl (C=O) groups is 1. The Morgan fingerprint density at radius 1 is 1.45 bits per heavy atom. The van der Waals surface area contributed by atoms with Crippen LogP contribution in [0.4, 0.5) is 11.8 Å². The summed E-state index contributed by atoms with van der Waals surface area (Å²) in [6.07, 6.45) is 3.23. The molecule has 1 aromatic heterocycles. The topological polar surface area (TPSA) is 103 Å². The van der Waals surface area contributed by atoms with Crippen molar-refractivity contribution in [3.8, 4) is 0 Å². The van der Waals surface area contributed by atoms with Gasteiger partial charge in [0.1, 0.15) is 5.82 Å². The molecule has 0 radical (unpaired) electrons. The summed E-state index contributed by atoms with van der Waals surface area (Å²) in [6, 6.07) is 2.11. The lowest BCUT2D eigenvalue weighted by Crippen LogP contribution is -2.49. The average molecular weight is 307 g/mol. The van der Waals surface area contributed by atoms with Crippen LogP contribution < -0.4 is 16.0 Å². The van der Waals surface area contributed by atoms with Crippen LogP contribution >= 0.6 is 0 Å². The van der Waals surface area contributed by atoms with Crippen LogP contribution in [0, 0.1) is 0 Å². The van der Waals surface area contributed by atoms with Crippen LogP contribution in [0.25, 0.3) is 0 Å². The summed E-state index contributed by atoms with van der Waals surface area (Å²) >= 11 is 0. The fourth-order valence-corrected chi connectivity index (χ4v) is 2.65. The Balaban J connectivity index is 1.66. The molecule has 3 rings (SSSR count).